The number of carbonyl (C=O) groups excluding carboxylic acids is 1. The number of hydrogen-bond acceptors (Lipinski definition) is 6. The Bertz CT molecular complexity index is 705. The van der Waals surface area contributed by atoms with Gasteiger partial charge in [-0.15, -0.1) is 12.3 Å². The predicted molar refractivity (Wildman–Crippen MR) is 105 cm³/mol. The molecule has 1 aromatic heterocycles. The molecule has 1 aromatic rings. The van der Waals surface area contributed by atoms with Crippen LogP contribution in [0.3, 0.4) is 0 Å². The van der Waals surface area contributed by atoms with Crippen LogP contribution in [0.5, 0.6) is 0 Å². The van der Waals surface area contributed by atoms with Gasteiger partial charge in [0.2, 0.25) is 11.9 Å². The van der Waals surface area contributed by atoms with Gasteiger partial charge >= 0.3 is 7.12 Å². The first-order valence-corrected chi connectivity index (χ1v) is 9.37. The van der Waals surface area contributed by atoms with Crippen molar-refractivity contribution in [1.29, 1.82) is 0 Å². The molecule has 2 aliphatic rings. The highest BCUT2D eigenvalue weighted by Crippen LogP contribution is 2.36. The molecule has 0 saturated carbocycles. The highest BCUT2D eigenvalue weighted by atomic mass is 16.7. The summed E-state index contributed by atoms with van der Waals surface area (Å²) in [6.45, 7) is 10.8. The van der Waals surface area contributed by atoms with Crippen molar-refractivity contribution in [3.8, 4) is 12.3 Å². The highest BCUT2D eigenvalue weighted by molar-refractivity contribution is 6.61. The molecule has 0 aromatic carbocycles. The van der Waals surface area contributed by atoms with Gasteiger partial charge in [0.05, 0.1) is 11.2 Å². The first kappa shape index (κ1) is 19.7. The summed E-state index contributed by atoms with van der Waals surface area (Å²) in [5.74, 6) is 3.29. The molecule has 2 fully saturated rings. The van der Waals surface area contributed by atoms with Crippen LogP contribution in [0, 0.1) is 12.3 Å². The second-order valence-electron chi connectivity index (χ2n) is 7.98. The highest BCUT2D eigenvalue weighted by Gasteiger charge is 2.52. The zero-order valence-electron chi connectivity index (χ0n) is 16.6. The number of aromatic nitrogens is 2. The Hall–Kier alpha value is -2.11. The number of carbonyl (C=O) groups is 1. The van der Waals surface area contributed by atoms with Crippen molar-refractivity contribution in [2.75, 3.05) is 31.1 Å². The second-order valence-corrected chi connectivity index (χ2v) is 7.98. The van der Waals surface area contributed by atoms with E-state index in [0.717, 1.165) is 5.46 Å². The van der Waals surface area contributed by atoms with Crippen molar-refractivity contribution in [2.24, 2.45) is 0 Å². The third-order valence-corrected chi connectivity index (χ3v) is 5.58. The van der Waals surface area contributed by atoms with E-state index in [-0.39, 0.29) is 5.91 Å². The molecule has 3 heterocycles. The van der Waals surface area contributed by atoms with Crippen LogP contribution in [0.2, 0.25) is 0 Å². The van der Waals surface area contributed by atoms with E-state index in [9.17, 15) is 4.79 Å². The van der Waals surface area contributed by atoms with Crippen molar-refractivity contribution in [1.82, 2.24) is 14.9 Å². The van der Waals surface area contributed by atoms with Gasteiger partial charge in [-0.3, -0.25) is 4.79 Å². The zero-order chi connectivity index (χ0) is 19.7. The standard InChI is InChI=1S/C19H27BN4O3/c1-6-7-8-16(25)23-9-11-24(12-10-23)17-21-13-15(14-22-17)20-26-18(2,3)19(4,5)27-20/h1,13-14H,7-12H2,2-5H3. The maximum Gasteiger partial charge on any atom is 0.498 e. The van der Waals surface area contributed by atoms with Crippen molar-refractivity contribution < 1.29 is 14.1 Å². The summed E-state index contributed by atoms with van der Waals surface area (Å²) < 4.78 is 12.1. The minimum absolute atomic E-state index is 0.115. The van der Waals surface area contributed by atoms with E-state index in [4.69, 9.17) is 15.7 Å². The summed E-state index contributed by atoms with van der Waals surface area (Å²) in [7, 11) is -0.463. The van der Waals surface area contributed by atoms with Gasteiger partial charge in [0.1, 0.15) is 0 Å². The average molecular weight is 370 g/mol. The molecular formula is C19H27BN4O3. The molecule has 144 valence electrons. The number of piperazine rings is 1. The average Bonchev–Trinajstić information content (AvgIpc) is 2.87. The molecule has 0 unspecified atom stereocenters. The molecule has 8 heteroatoms. The van der Waals surface area contributed by atoms with E-state index in [1.807, 2.05) is 32.6 Å². The lowest BCUT2D eigenvalue weighted by Crippen LogP contribution is -2.49. The molecule has 27 heavy (non-hydrogen) atoms. The van der Waals surface area contributed by atoms with Gasteiger partial charge < -0.3 is 19.1 Å². The Morgan fingerprint density at radius 3 is 2.22 bits per heavy atom. The second kappa shape index (κ2) is 7.49. The molecule has 0 atom stereocenters. The lowest BCUT2D eigenvalue weighted by Gasteiger charge is -2.34. The van der Waals surface area contributed by atoms with Crippen molar-refractivity contribution in [3.63, 3.8) is 0 Å². The van der Waals surface area contributed by atoms with Crippen LogP contribution >= 0.6 is 0 Å². The van der Waals surface area contributed by atoms with Crippen LogP contribution in [0.25, 0.3) is 0 Å². The number of nitrogens with zero attached hydrogens (tertiary/aromatic N) is 4. The SMILES string of the molecule is C#CCCC(=O)N1CCN(c2ncc(B3OC(C)(C)C(C)(C)O3)cn2)CC1. The molecule has 2 aliphatic heterocycles. The molecule has 0 radical (unpaired) electrons. The fourth-order valence-corrected chi connectivity index (χ4v) is 3.09. The van der Waals surface area contributed by atoms with Crippen molar-refractivity contribution >= 4 is 24.4 Å². The molecule has 0 aliphatic carbocycles. The van der Waals surface area contributed by atoms with Crippen LogP contribution in [-0.4, -0.2) is 65.3 Å². The minimum Gasteiger partial charge on any atom is -0.399 e. The van der Waals surface area contributed by atoms with Gasteiger partial charge in [0.25, 0.3) is 0 Å². The van der Waals surface area contributed by atoms with Crippen LogP contribution in [0.4, 0.5) is 5.95 Å². The van der Waals surface area contributed by atoms with Gasteiger partial charge in [0, 0.05) is 56.9 Å². The number of hydrogen-bond donors (Lipinski definition) is 0. The van der Waals surface area contributed by atoms with Crippen LogP contribution < -0.4 is 10.4 Å². The van der Waals surface area contributed by atoms with Crippen LogP contribution in [0.1, 0.15) is 40.5 Å². The fraction of sp³-hybridized carbons (Fsp3) is 0.632. The summed E-state index contributed by atoms with van der Waals surface area (Å²) in [6, 6.07) is 0. The third-order valence-electron chi connectivity index (χ3n) is 5.58. The maximum absolute atomic E-state index is 12.0. The first-order valence-electron chi connectivity index (χ1n) is 9.37. The number of rotatable bonds is 4. The summed E-state index contributed by atoms with van der Waals surface area (Å²) in [5.41, 5.74) is 0.0255. The Labute approximate surface area is 161 Å². The predicted octanol–water partition coefficient (Wildman–Crippen LogP) is 0.838. The summed E-state index contributed by atoms with van der Waals surface area (Å²) >= 11 is 0. The van der Waals surface area contributed by atoms with Gasteiger partial charge in [-0.25, -0.2) is 9.97 Å². The lowest BCUT2D eigenvalue weighted by atomic mass is 9.81. The van der Waals surface area contributed by atoms with Crippen molar-refractivity contribution in [3.05, 3.63) is 12.4 Å². The Morgan fingerprint density at radius 1 is 1.15 bits per heavy atom. The molecule has 0 spiro atoms. The van der Waals surface area contributed by atoms with E-state index in [0.29, 0.717) is 45.0 Å². The Morgan fingerprint density at radius 2 is 1.70 bits per heavy atom. The van der Waals surface area contributed by atoms with Crippen LogP contribution in [-0.2, 0) is 14.1 Å². The van der Waals surface area contributed by atoms with Gasteiger partial charge in [0.15, 0.2) is 0 Å². The fourth-order valence-electron chi connectivity index (χ4n) is 3.09. The summed E-state index contributed by atoms with van der Waals surface area (Å²) in [5, 5.41) is 0. The lowest BCUT2D eigenvalue weighted by molar-refractivity contribution is -0.131. The maximum atomic E-state index is 12.0. The molecular weight excluding hydrogens is 343 g/mol. The van der Waals surface area contributed by atoms with E-state index in [2.05, 4.69) is 20.8 Å². The normalized spacial score (nSPS) is 21.2. The third kappa shape index (κ3) is 4.09. The van der Waals surface area contributed by atoms with E-state index < -0.39 is 18.3 Å². The monoisotopic (exact) mass is 370 g/mol. The Balaban J connectivity index is 1.58. The molecule has 0 N–H and O–H groups in total. The van der Waals surface area contributed by atoms with Crippen molar-refractivity contribution in [2.45, 2.75) is 51.7 Å². The molecule has 2 saturated heterocycles. The number of terminal acetylenes is 1. The van der Waals surface area contributed by atoms with E-state index in [1.165, 1.54) is 0 Å². The smallest absolute Gasteiger partial charge is 0.399 e. The van der Waals surface area contributed by atoms with Gasteiger partial charge in [-0.1, -0.05) is 0 Å². The molecule has 3 rings (SSSR count). The molecule has 7 nitrogen and oxygen atoms in total. The van der Waals surface area contributed by atoms with Gasteiger partial charge in [-0.05, 0) is 27.7 Å². The first-order chi connectivity index (χ1) is 12.7. The molecule has 1 amide bonds. The quantitative estimate of drug-likeness (QED) is 0.578. The summed E-state index contributed by atoms with van der Waals surface area (Å²) in [6.07, 6.45) is 9.65. The zero-order valence-corrected chi connectivity index (χ0v) is 16.6. The largest absolute Gasteiger partial charge is 0.498 e. The van der Waals surface area contributed by atoms with E-state index >= 15 is 0 Å². The molecule has 0 bridgehead atoms. The Kier molecular flexibility index (Phi) is 5.45. The number of anilines is 1. The van der Waals surface area contributed by atoms with Crippen LogP contribution in [0.15, 0.2) is 12.4 Å². The van der Waals surface area contributed by atoms with E-state index in [1.54, 1.807) is 12.4 Å². The van der Waals surface area contributed by atoms with Gasteiger partial charge in [-0.2, -0.15) is 0 Å². The topological polar surface area (TPSA) is 67.8 Å². The minimum atomic E-state index is -0.463. The number of amides is 1. The summed E-state index contributed by atoms with van der Waals surface area (Å²) in [4.78, 5) is 25.0.